The van der Waals surface area contributed by atoms with Crippen molar-refractivity contribution in [1.29, 1.82) is 0 Å². The SMILES string of the molecule is CCOc1cc(NC(=NCC(=O)N(C)C)NCC(C)C)ccc1OC.I. The minimum Gasteiger partial charge on any atom is -0.493 e. The summed E-state index contributed by atoms with van der Waals surface area (Å²) in [5.74, 6) is 2.27. The molecule has 0 spiro atoms. The smallest absolute Gasteiger partial charge is 0.243 e. The Bertz CT molecular complexity index is 592. The molecule has 0 atom stereocenters. The van der Waals surface area contributed by atoms with Crippen molar-refractivity contribution in [3.8, 4) is 11.5 Å². The first-order valence-electron chi connectivity index (χ1n) is 8.43. The number of guanidine groups is 1. The van der Waals surface area contributed by atoms with E-state index in [0.717, 1.165) is 12.2 Å². The van der Waals surface area contributed by atoms with E-state index in [-0.39, 0.29) is 36.4 Å². The maximum atomic E-state index is 11.8. The average molecular weight is 478 g/mol. The first-order chi connectivity index (χ1) is 11.9. The van der Waals surface area contributed by atoms with E-state index in [1.165, 1.54) is 4.90 Å². The van der Waals surface area contributed by atoms with Gasteiger partial charge in [-0.05, 0) is 25.0 Å². The number of rotatable bonds is 8. The van der Waals surface area contributed by atoms with Crippen molar-refractivity contribution in [3.63, 3.8) is 0 Å². The molecule has 7 nitrogen and oxygen atoms in total. The summed E-state index contributed by atoms with van der Waals surface area (Å²) in [6, 6.07) is 5.56. The van der Waals surface area contributed by atoms with Crippen molar-refractivity contribution >= 4 is 41.5 Å². The van der Waals surface area contributed by atoms with Crippen molar-refractivity contribution in [2.75, 3.05) is 46.2 Å². The third-order valence-electron chi connectivity index (χ3n) is 3.28. The average Bonchev–Trinajstić information content (AvgIpc) is 2.57. The Morgan fingerprint density at radius 3 is 2.50 bits per heavy atom. The molecule has 0 heterocycles. The van der Waals surface area contributed by atoms with Crippen molar-refractivity contribution in [3.05, 3.63) is 18.2 Å². The fraction of sp³-hybridized carbons (Fsp3) is 0.556. The van der Waals surface area contributed by atoms with Crippen LogP contribution in [0.3, 0.4) is 0 Å². The van der Waals surface area contributed by atoms with Gasteiger partial charge in [-0.25, -0.2) is 4.99 Å². The maximum Gasteiger partial charge on any atom is 0.243 e. The molecule has 1 amide bonds. The van der Waals surface area contributed by atoms with Crippen LogP contribution in [0.2, 0.25) is 0 Å². The van der Waals surface area contributed by atoms with Crippen LogP contribution in [0.1, 0.15) is 20.8 Å². The van der Waals surface area contributed by atoms with Gasteiger partial charge in [-0.3, -0.25) is 4.79 Å². The predicted octanol–water partition coefficient (Wildman–Crippen LogP) is 2.81. The number of ether oxygens (including phenoxy) is 2. The number of carbonyl (C=O) groups excluding carboxylic acids is 1. The summed E-state index contributed by atoms with van der Waals surface area (Å²) in [5, 5.41) is 6.45. The molecule has 1 aromatic carbocycles. The minimum atomic E-state index is -0.0598. The van der Waals surface area contributed by atoms with E-state index in [1.807, 2.05) is 25.1 Å². The molecule has 0 saturated carbocycles. The molecular formula is C18H31IN4O3. The van der Waals surface area contributed by atoms with Gasteiger partial charge in [0.2, 0.25) is 5.91 Å². The van der Waals surface area contributed by atoms with Crippen molar-refractivity contribution < 1.29 is 14.3 Å². The largest absolute Gasteiger partial charge is 0.493 e. The quantitative estimate of drug-likeness (QED) is 0.342. The predicted molar refractivity (Wildman–Crippen MR) is 117 cm³/mol. The van der Waals surface area contributed by atoms with E-state index in [1.54, 1.807) is 21.2 Å². The van der Waals surface area contributed by atoms with Crippen molar-refractivity contribution in [2.45, 2.75) is 20.8 Å². The molecule has 0 bridgehead atoms. The van der Waals surface area contributed by atoms with Crippen LogP contribution in [0.5, 0.6) is 11.5 Å². The number of halogens is 1. The van der Waals surface area contributed by atoms with Crippen LogP contribution in [0, 0.1) is 5.92 Å². The molecule has 0 aliphatic carbocycles. The van der Waals surface area contributed by atoms with E-state index < -0.39 is 0 Å². The van der Waals surface area contributed by atoms with Crippen LogP contribution in [-0.4, -0.2) is 57.7 Å². The van der Waals surface area contributed by atoms with E-state index >= 15 is 0 Å². The van der Waals surface area contributed by atoms with Crippen LogP contribution >= 0.6 is 24.0 Å². The summed E-state index contributed by atoms with van der Waals surface area (Å²) in [5.41, 5.74) is 0.802. The highest BCUT2D eigenvalue weighted by molar-refractivity contribution is 14.0. The zero-order valence-electron chi connectivity index (χ0n) is 16.5. The standard InChI is InChI=1S/C18H30N4O3.HI/c1-7-25-16-10-14(8-9-15(16)24-6)21-18(19-11-13(2)3)20-12-17(23)22(4)5;/h8-10,13H,7,11-12H2,1-6H3,(H2,19,20,21);1H. The lowest BCUT2D eigenvalue weighted by Gasteiger charge is -2.16. The number of likely N-dealkylation sites (N-methyl/N-ethyl adjacent to an activating group) is 1. The first-order valence-corrected chi connectivity index (χ1v) is 8.43. The molecule has 0 aromatic heterocycles. The second-order valence-electron chi connectivity index (χ2n) is 6.15. The lowest BCUT2D eigenvalue weighted by atomic mass is 10.2. The highest BCUT2D eigenvalue weighted by Gasteiger charge is 2.09. The molecule has 26 heavy (non-hydrogen) atoms. The number of aliphatic imine (C=N–C) groups is 1. The second-order valence-corrected chi connectivity index (χ2v) is 6.15. The van der Waals surface area contributed by atoms with Crippen LogP contribution in [-0.2, 0) is 4.79 Å². The van der Waals surface area contributed by atoms with Gasteiger partial charge in [-0.2, -0.15) is 0 Å². The molecular weight excluding hydrogens is 447 g/mol. The molecule has 1 rings (SSSR count). The third-order valence-corrected chi connectivity index (χ3v) is 3.28. The molecule has 8 heteroatoms. The monoisotopic (exact) mass is 478 g/mol. The maximum absolute atomic E-state index is 11.8. The topological polar surface area (TPSA) is 75.2 Å². The summed E-state index contributed by atoms with van der Waals surface area (Å²) in [4.78, 5) is 17.7. The normalized spacial score (nSPS) is 10.8. The summed E-state index contributed by atoms with van der Waals surface area (Å²) < 4.78 is 10.9. The fourth-order valence-corrected chi connectivity index (χ4v) is 1.89. The van der Waals surface area contributed by atoms with Gasteiger partial charge in [0.05, 0.1) is 13.7 Å². The van der Waals surface area contributed by atoms with Crippen molar-refractivity contribution in [2.24, 2.45) is 10.9 Å². The van der Waals surface area contributed by atoms with Gasteiger partial charge in [-0.15, -0.1) is 24.0 Å². The molecule has 0 fully saturated rings. The molecule has 0 aliphatic heterocycles. The number of anilines is 1. The highest BCUT2D eigenvalue weighted by atomic mass is 127. The Morgan fingerprint density at radius 1 is 1.27 bits per heavy atom. The number of hydrogen-bond acceptors (Lipinski definition) is 4. The van der Waals surface area contributed by atoms with E-state index in [0.29, 0.717) is 30.0 Å². The minimum absolute atomic E-state index is 0. The van der Waals surface area contributed by atoms with E-state index in [4.69, 9.17) is 9.47 Å². The van der Waals surface area contributed by atoms with Gasteiger partial charge in [0.15, 0.2) is 17.5 Å². The Morgan fingerprint density at radius 2 is 1.96 bits per heavy atom. The molecule has 1 aromatic rings. The Hall–Kier alpha value is -1.71. The molecule has 2 N–H and O–H groups in total. The van der Waals surface area contributed by atoms with Crippen LogP contribution < -0.4 is 20.1 Å². The van der Waals surface area contributed by atoms with Crippen molar-refractivity contribution in [1.82, 2.24) is 10.2 Å². The number of hydrogen-bond donors (Lipinski definition) is 2. The van der Waals surface area contributed by atoms with Crippen LogP contribution in [0.25, 0.3) is 0 Å². The zero-order chi connectivity index (χ0) is 18.8. The van der Waals surface area contributed by atoms with Gasteiger partial charge >= 0.3 is 0 Å². The highest BCUT2D eigenvalue weighted by Crippen LogP contribution is 2.30. The lowest BCUT2D eigenvalue weighted by molar-refractivity contribution is -0.127. The number of nitrogens with one attached hydrogen (secondary N) is 2. The summed E-state index contributed by atoms with van der Waals surface area (Å²) in [6.07, 6.45) is 0. The van der Waals surface area contributed by atoms with Gasteiger partial charge in [0.1, 0.15) is 6.54 Å². The summed E-state index contributed by atoms with van der Waals surface area (Å²) in [6.45, 7) is 7.50. The number of methoxy groups -OCH3 is 1. The fourth-order valence-electron chi connectivity index (χ4n) is 1.89. The second kappa shape index (κ2) is 12.6. The lowest BCUT2D eigenvalue weighted by Crippen LogP contribution is -2.35. The number of carbonyl (C=O) groups is 1. The Kier molecular flexibility index (Phi) is 11.8. The molecule has 0 aliphatic rings. The number of amides is 1. The molecule has 0 saturated heterocycles. The zero-order valence-corrected chi connectivity index (χ0v) is 18.8. The summed E-state index contributed by atoms with van der Waals surface area (Å²) in [7, 11) is 5.03. The Labute approximate surface area is 173 Å². The van der Waals surface area contributed by atoms with Gasteiger partial charge in [0, 0.05) is 32.4 Å². The molecule has 0 unspecified atom stereocenters. The Balaban J connectivity index is 0.00000625. The van der Waals surface area contributed by atoms with Gasteiger partial charge < -0.3 is 25.0 Å². The third kappa shape index (κ3) is 8.59. The van der Waals surface area contributed by atoms with E-state index in [2.05, 4.69) is 29.5 Å². The number of benzene rings is 1. The van der Waals surface area contributed by atoms with Gasteiger partial charge in [-0.1, -0.05) is 13.8 Å². The van der Waals surface area contributed by atoms with Gasteiger partial charge in [0.25, 0.3) is 0 Å². The molecule has 0 radical (unpaired) electrons. The van der Waals surface area contributed by atoms with Crippen LogP contribution in [0.4, 0.5) is 5.69 Å². The first kappa shape index (κ1) is 24.3. The summed E-state index contributed by atoms with van der Waals surface area (Å²) >= 11 is 0. The van der Waals surface area contributed by atoms with Crippen LogP contribution in [0.15, 0.2) is 23.2 Å². The number of nitrogens with zero attached hydrogens (tertiary/aromatic N) is 2. The molecule has 148 valence electrons. The van der Waals surface area contributed by atoms with E-state index in [9.17, 15) is 4.79 Å².